The van der Waals surface area contributed by atoms with Gasteiger partial charge >= 0.3 is 0 Å². The van der Waals surface area contributed by atoms with Gasteiger partial charge in [0.15, 0.2) is 11.6 Å². The molecule has 2 aromatic carbocycles. The molecule has 33 heavy (non-hydrogen) atoms. The molecule has 1 aliphatic rings. The Bertz CT molecular complexity index is 1080. The molecule has 3 aromatic rings. The van der Waals surface area contributed by atoms with Crippen LogP contribution in [0.15, 0.2) is 48.5 Å². The number of nitrogens with zero attached hydrogens (tertiary/aromatic N) is 2. The quantitative estimate of drug-likeness (QED) is 0.503. The first-order chi connectivity index (χ1) is 15.8. The molecule has 0 aliphatic carbocycles. The first-order valence-electron chi connectivity index (χ1n) is 11.8. The number of carbonyl (C=O) groups is 1. The largest absolute Gasteiger partial charge is 0.351 e. The third-order valence-electron chi connectivity index (χ3n) is 7.03. The number of piperidine rings is 1. The van der Waals surface area contributed by atoms with E-state index >= 15 is 0 Å². The van der Waals surface area contributed by atoms with E-state index in [1.807, 2.05) is 42.2 Å². The summed E-state index contributed by atoms with van der Waals surface area (Å²) in [4.78, 5) is 20.7. The van der Waals surface area contributed by atoms with Crippen molar-refractivity contribution in [1.29, 1.82) is 0 Å². The minimum absolute atomic E-state index is 0.0399. The fraction of sp³-hybridized carbons (Fsp3) is 0.444. The SMILES string of the molecule is CCN(CC1CCN(C(C)(C)Cc2cccc(F)c2F)CC1)C(=O)c1cc2ccccc2[nH]1. The van der Waals surface area contributed by atoms with Crippen molar-refractivity contribution in [2.75, 3.05) is 26.2 Å². The number of benzene rings is 2. The molecule has 6 heteroatoms. The van der Waals surface area contributed by atoms with Crippen LogP contribution in [-0.4, -0.2) is 52.4 Å². The van der Waals surface area contributed by atoms with E-state index in [9.17, 15) is 13.6 Å². The van der Waals surface area contributed by atoms with Gasteiger partial charge in [0.05, 0.1) is 0 Å². The van der Waals surface area contributed by atoms with Gasteiger partial charge in [0, 0.05) is 29.5 Å². The number of amides is 1. The van der Waals surface area contributed by atoms with Gasteiger partial charge in [0.1, 0.15) is 5.69 Å². The van der Waals surface area contributed by atoms with E-state index in [2.05, 4.69) is 23.7 Å². The van der Waals surface area contributed by atoms with Crippen LogP contribution in [0.2, 0.25) is 0 Å². The number of rotatable bonds is 7. The van der Waals surface area contributed by atoms with Crippen molar-refractivity contribution in [2.24, 2.45) is 5.92 Å². The number of fused-ring (bicyclic) bond motifs is 1. The topological polar surface area (TPSA) is 39.3 Å². The summed E-state index contributed by atoms with van der Waals surface area (Å²) in [6.45, 7) is 9.37. The fourth-order valence-corrected chi connectivity index (χ4v) is 5.01. The number of halogens is 2. The average Bonchev–Trinajstić information content (AvgIpc) is 3.25. The van der Waals surface area contributed by atoms with Crippen molar-refractivity contribution in [2.45, 2.75) is 45.6 Å². The van der Waals surface area contributed by atoms with Gasteiger partial charge in [0.25, 0.3) is 5.91 Å². The van der Waals surface area contributed by atoms with Gasteiger partial charge in [-0.05, 0) is 82.8 Å². The molecule has 1 fully saturated rings. The molecule has 1 aromatic heterocycles. The number of carbonyl (C=O) groups excluding carboxylic acids is 1. The van der Waals surface area contributed by atoms with E-state index < -0.39 is 11.6 Å². The number of aromatic nitrogens is 1. The number of hydrogen-bond donors (Lipinski definition) is 1. The Kier molecular flexibility index (Phi) is 6.84. The van der Waals surface area contributed by atoms with E-state index in [-0.39, 0.29) is 11.4 Å². The van der Waals surface area contributed by atoms with Crippen molar-refractivity contribution in [3.63, 3.8) is 0 Å². The highest BCUT2D eigenvalue weighted by Crippen LogP contribution is 2.29. The molecule has 0 bridgehead atoms. The summed E-state index contributed by atoms with van der Waals surface area (Å²) in [6, 6.07) is 14.2. The van der Waals surface area contributed by atoms with E-state index in [1.54, 1.807) is 12.1 Å². The molecule has 2 heterocycles. The van der Waals surface area contributed by atoms with Crippen LogP contribution in [0, 0.1) is 17.6 Å². The fourth-order valence-electron chi connectivity index (χ4n) is 5.01. The van der Waals surface area contributed by atoms with E-state index in [0.717, 1.165) is 49.4 Å². The lowest BCUT2D eigenvalue weighted by atomic mass is 9.88. The third kappa shape index (κ3) is 5.11. The highest BCUT2D eigenvalue weighted by molar-refractivity contribution is 5.98. The van der Waals surface area contributed by atoms with Crippen LogP contribution in [0.4, 0.5) is 8.78 Å². The van der Waals surface area contributed by atoms with E-state index in [4.69, 9.17) is 0 Å². The van der Waals surface area contributed by atoms with Crippen LogP contribution in [0.1, 0.15) is 49.7 Å². The maximum absolute atomic E-state index is 14.2. The molecule has 0 spiro atoms. The highest BCUT2D eigenvalue weighted by atomic mass is 19.2. The van der Waals surface area contributed by atoms with Crippen LogP contribution < -0.4 is 0 Å². The molecule has 1 amide bonds. The molecule has 1 N–H and O–H groups in total. The van der Waals surface area contributed by atoms with Gasteiger partial charge in [-0.2, -0.15) is 0 Å². The van der Waals surface area contributed by atoms with E-state index in [1.165, 1.54) is 0 Å². The Morgan fingerprint density at radius 2 is 1.85 bits per heavy atom. The molecule has 0 unspecified atom stereocenters. The lowest BCUT2D eigenvalue weighted by Gasteiger charge is -2.44. The number of para-hydroxylation sites is 1. The Morgan fingerprint density at radius 1 is 1.12 bits per heavy atom. The second-order valence-corrected chi connectivity index (χ2v) is 9.75. The van der Waals surface area contributed by atoms with Crippen LogP contribution in [0.25, 0.3) is 10.9 Å². The van der Waals surface area contributed by atoms with Crippen molar-refractivity contribution >= 4 is 16.8 Å². The molecule has 176 valence electrons. The molecule has 0 saturated carbocycles. The van der Waals surface area contributed by atoms with Crippen molar-refractivity contribution in [3.8, 4) is 0 Å². The maximum atomic E-state index is 14.2. The third-order valence-corrected chi connectivity index (χ3v) is 7.03. The molecular weight excluding hydrogens is 420 g/mol. The molecule has 1 saturated heterocycles. The zero-order valence-electron chi connectivity index (χ0n) is 19.7. The Morgan fingerprint density at radius 3 is 2.55 bits per heavy atom. The number of nitrogens with one attached hydrogen (secondary N) is 1. The summed E-state index contributed by atoms with van der Waals surface area (Å²) in [6.07, 6.45) is 2.41. The normalized spacial score (nSPS) is 15.8. The predicted molar refractivity (Wildman–Crippen MR) is 128 cm³/mol. The highest BCUT2D eigenvalue weighted by Gasteiger charge is 2.33. The van der Waals surface area contributed by atoms with Crippen LogP contribution >= 0.6 is 0 Å². The van der Waals surface area contributed by atoms with Crippen molar-refractivity contribution < 1.29 is 13.6 Å². The zero-order chi connectivity index (χ0) is 23.6. The first-order valence-corrected chi connectivity index (χ1v) is 11.8. The van der Waals surface area contributed by atoms with Gasteiger partial charge in [0.2, 0.25) is 0 Å². The second-order valence-electron chi connectivity index (χ2n) is 9.75. The zero-order valence-corrected chi connectivity index (χ0v) is 19.7. The summed E-state index contributed by atoms with van der Waals surface area (Å²) in [7, 11) is 0. The van der Waals surface area contributed by atoms with Gasteiger partial charge in [-0.3, -0.25) is 9.69 Å². The van der Waals surface area contributed by atoms with Gasteiger partial charge in [-0.25, -0.2) is 8.78 Å². The number of aromatic amines is 1. The standard InChI is InChI=1S/C27H33F2N3O/c1-4-31(26(33)24-16-20-8-5-6-11-23(20)30-24)18-19-12-14-32(15-13-19)27(2,3)17-21-9-7-10-22(28)25(21)29/h5-11,16,19,30H,4,12-15,17-18H2,1-3H3. The van der Waals surface area contributed by atoms with Crippen LogP contribution in [-0.2, 0) is 6.42 Å². The second kappa shape index (κ2) is 9.64. The number of hydrogen-bond acceptors (Lipinski definition) is 2. The van der Waals surface area contributed by atoms with Crippen LogP contribution in [0.5, 0.6) is 0 Å². The minimum atomic E-state index is -0.790. The Labute approximate surface area is 194 Å². The first kappa shape index (κ1) is 23.4. The lowest BCUT2D eigenvalue weighted by molar-refractivity contribution is 0.0543. The smallest absolute Gasteiger partial charge is 0.270 e. The molecule has 1 aliphatic heterocycles. The monoisotopic (exact) mass is 453 g/mol. The predicted octanol–water partition coefficient (Wildman–Crippen LogP) is 5.64. The van der Waals surface area contributed by atoms with Crippen LogP contribution in [0.3, 0.4) is 0 Å². The molecule has 4 rings (SSSR count). The molecular formula is C27H33F2N3O. The average molecular weight is 454 g/mol. The molecule has 4 nitrogen and oxygen atoms in total. The number of likely N-dealkylation sites (tertiary alicyclic amines) is 1. The van der Waals surface area contributed by atoms with E-state index in [0.29, 0.717) is 30.1 Å². The summed E-state index contributed by atoms with van der Waals surface area (Å²) in [5.74, 6) is -1.06. The summed E-state index contributed by atoms with van der Waals surface area (Å²) in [5, 5.41) is 1.04. The molecule has 0 atom stereocenters. The van der Waals surface area contributed by atoms with Gasteiger partial charge in [-0.1, -0.05) is 30.3 Å². The minimum Gasteiger partial charge on any atom is -0.351 e. The Balaban J connectivity index is 1.35. The Hall–Kier alpha value is -2.73. The number of H-pyrrole nitrogens is 1. The molecule has 0 radical (unpaired) electrons. The van der Waals surface area contributed by atoms with Crippen molar-refractivity contribution in [1.82, 2.24) is 14.8 Å². The van der Waals surface area contributed by atoms with Crippen molar-refractivity contribution in [3.05, 3.63) is 71.4 Å². The van der Waals surface area contributed by atoms with Gasteiger partial charge in [-0.15, -0.1) is 0 Å². The van der Waals surface area contributed by atoms with Gasteiger partial charge < -0.3 is 9.88 Å². The maximum Gasteiger partial charge on any atom is 0.270 e. The summed E-state index contributed by atoms with van der Waals surface area (Å²) >= 11 is 0. The lowest BCUT2D eigenvalue weighted by Crippen LogP contribution is -2.50. The summed E-state index contributed by atoms with van der Waals surface area (Å²) in [5.41, 5.74) is 1.75. The summed E-state index contributed by atoms with van der Waals surface area (Å²) < 4.78 is 27.8.